The van der Waals surface area contributed by atoms with Crippen LogP contribution in [0.1, 0.15) is 56.9 Å². The van der Waals surface area contributed by atoms with Crippen LogP contribution >= 0.6 is 0 Å². The summed E-state index contributed by atoms with van der Waals surface area (Å²) in [7, 11) is 0. The fraction of sp³-hybridized carbons (Fsp3) is 0.556. The van der Waals surface area contributed by atoms with Crippen molar-refractivity contribution in [2.45, 2.75) is 58.1 Å². The number of hydrogen-bond donors (Lipinski definition) is 0. The fourth-order valence-electron chi connectivity index (χ4n) is 2.88. The van der Waals surface area contributed by atoms with E-state index in [-0.39, 0.29) is 12.1 Å². The van der Waals surface area contributed by atoms with Crippen LogP contribution in [-0.4, -0.2) is 38.3 Å². The van der Waals surface area contributed by atoms with Crippen molar-refractivity contribution in [3.8, 4) is 0 Å². The molecule has 3 rings (SSSR count). The van der Waals surface area contributed by atoms with Gasteiger partial charge < -0.3 is 9.26 Å². The van der Waals surface area contributed by atoms with E-state index in [1.165, 1.54) is 0 Å². The number of pyridine rings is 1. The Kier molecular flexibility index (Phi) is 5.01. The zero-order chi connectivity index (χ0) is 17.9. The zero-order valence-corrected chi connectivity index (χ0v) is 14.9. The molecule has 7 nitrogen and oxygen atoms in total. The fourth-order valence-corrected chi connectivity index (χ4v) is 2.88. The number of hydrogen-bond acceptors (Lipinski definition) is 6. The Labute approximate surface area is 147 Å². The van der Waals surface area contributed by atoms with Crippen molar-refractivity contribution in [2.24, 2.45) is 0 Å². The summed E-state index contributed by atoms with van der Waals surface area (Å²) in [4.78, 5) is 22.7. The zero-order valence-electron chi connectivity index (χ0n) is 14.9. The van der Waals surface area contributed by atoms with E-state index >= 15 is 0 Å². The van der Waals surface area contributed by atoms with Gasteiger partial charge in [0.15, 0.2) is 5.82 Å². The molecule has 0 saturated carbocycles. The van der Waals surface area contributed by atoms with Crippen molar-refractivity contribution in [3.05, 3.63) is 41.8 Å². The number of rotatable bonds is 4. The monoisotopic (exact) mass is 344 g/mol. The maximum absolute atomic E-state index is 12.4. The van der Waals surface area contributed by atoms with Crippen LogP contribution in [0.15, 0.2) is 29.0 Å². The molecule has 2 aromatic heterocycles. The van der Waals surface area contributed by atoms with Gasteiger partial charge in [-0.15, -0.1) is 0 Å². The summed E-state index contributed by atoms with van der Waals surface area (Å²) < 4.78 is 10.8. The number of carbonyl (C=O) groups excluding carboxylic acids is 1. The highest BCUT2D eigenvalue weighted by atomic mass is 16.6. The van der Waals surface area contributed by atoms with Crippen molar-refractivity contribution in [1.82, 2.24) is 20.0 Å². The van der Waals surface area contributed by atoms with Gasteiger partial charge in [-0.25, -0.2) is 4.79 Å². The Bertz CT molecular complexity index is 709. The highest BCUT2D eigenvalue weighted by Crippen LogP contribution is 2.31. The molecule has 0 unspecified atom stereocenters. The second-order valence-electron chi connectivity index (χ2n) is 7.24. The third-order valence-electron chi connectivity index (χ3n) is 4.01. The number of likely N-dealkylation sites (tertiary alicyclic amines) is 1. The van der Waals surface area contributed by atoms with E-state index in [1.54, 1.807) is 11.1 Å². The molecule has 0 radical (unpaired) electrons. The van der Waals surface area contributed by atoms with E-state index in [1.807, 2.05) is 39.1 Å². The minimum atomic E-state index is -0.518. The average Bonchev–Trinajstić information content (AvgIpc) is 3.21. The molecule has 1 atom stereocenters. The van der Waals surface area contributed by atoms with Crippen LogP contribution in [0.25, 0.3) is 0 Å². The van der Waals surface area contributed by atoms with Gasteiger partial charge in [0.25, 0.3) is 0 Å². The number of amides is 1. The maximum Gasteiger partial charge on any atom is 0.410 e. The van der Waals surface area contributed by atoms with E-state index < -0.39 is 5.60 Å². The van der Waals surface area contributed by atoms with E-state index in [0.717, 1.165) is 24.8 Å². The first-order valence-electron chi connectivity index (χ1n) is 8.63. The summed E-state index contributed by atoms with van der Waals surface area (Å²) >= 11 is 0. The van der Waals surface area contributed by atoms with Crippen LogP contribution in [0.3, 0.4) is 0 Å². The molecule has 1 aliphatic rings. The first-order chi connectivity index (χ1) is 11.9. The number of carbonyl (C=O) groups is 1. The Morgan fingerprint density at radius 2 is 2.24 bits per heavy atom. The molecule has 1 saturated heterocycles. The highest BCUT2D eigenvalue weighted by Gasteiger charge is 2.35. The van der Waals surface area contributed by atoms with Crippen LogP contribution in [0.2, 0.25) is 0 Å². The molecule has 1 aliphatic heterocycles. The van der Waals surface area contributed by atoms with Gasteiger partial charge >= 0.3 is 6.09 Å². The predicted octanol–water partition coefficient (Wildman–Crippen LogP) is 3.32. The summed E-state index contributed by atoms with van der Waals surface area (Å²) in [5, 5.41) is 4.09. The lowest BCUT2D eigenvalue weighted by Gasteiger charge is -2.27. The van der Waals surface area contributed by atoms with Gasteiger partial charge in [-0.3, -0.25) is 9.88 Å². The molecule has 7 heteroatoms. The van der Waals surface area contributed by atoms with Crippen LogP contribution in [0.5, 0.6) is 0 Å². The van der Waals surface area contributed by atoms with Crippen molar-refractivity contribution < 1.29 is 14.1 Å². The largest absolute Gasteiger partial charge is 0.444 e. The summed E-state index contributed by atoms with van der Waals surface area (Å²) in [6.07, 6.45) is 6.42. The molecule has 0 N–H and O–H groups in total. The molecule has 134 valence electrons. The Hall–Kier alpha value is -2.44. The van der Waals surface area contributed by atoms with Crippen molar-refractivity contribution in [3.63, 3.8) is 0 Å². The van der Waals surface area contributed by atoms with Gasteiger partial charge in [0, 0.05) is 25.4 Å². The van der Waals surface area contributed by atoms with Gasteiger partial charge in [0.05, 0.1) is 6.04 Å². The summed E-state index contributed by atoms with van der Waals surface area (Å²) in [5.41, 5.74) is 0.606. The maximum atomic E-state index is 12.4. The van der Waals surface area contributed by atoms with Crippen molar-refractivity contribution in [1.29, 1.82) is 0 Å². The number of ether oxygens (including phenoxy) is 1. The van der Waals surface area contributed by atoms with Gasteiger partial charge in [-0.2, -0.15) is 4.98 Å². The SMILES string of the molecule is CC(C)(C)OC(=O)N1CCC[C@H]1c1noc(CCc2cccnc2)n1. The predicted molar refractivity (Wildman–Crippen MR) is 90.9 cm³/mol. The minimum absolute atomic E-state index is 0.175. The Morgan fingerprint density at radius 1 is 1.40 bits per heavy atom. The second-order valence-corrected chi connectivity index (χ2v) is 7.24. The second kappa shape index (κ2) is 7.21. The van der Waals surface area contributed by atoms with E-state index in [4.69, 9.17) is 9.26 Å². The van der Waals surface area contributed by atoms with Crippen molar-refractivity contribution in [2.75, 3.05) is 6.54 Å². The Morgan fingerprint density at radius 3 is 2.96 bits per heavy atom. The first-order valence-corrected chi connectivity index (χ1v) is 8.63. The van der Waals surface area contributed by atoms with E-state index in [9.17, 15) is 4.79 Å². The molecule has 2 aromatic rings. The van der Waals surface area contributed by atoms with Gasteiger partial charge in [0.2, 0.25) is 5.89 Å². The summed E-state index contributed by atoms with van der Waals surface area (Å²) in [6, 6.07) is 3.75. The molecule has 1 amide bonds. The first kappa shape index (κ1) is 17.4. The standard InChI is InChI=1S/C18H24N4O3/c1-18(2,3)24-17(23)22-11-5-7-14(22)16-20-15(25-21-16)9-8-13-6-4-10-19-12-13/h4,6,10,12,14H,5,7-9,11H2,1-3H3/t14-/m0/s1. The third kappa shape index (κ3) is 4.55. The van der Waals surface area contributed by atoms with E-state index in [0.29, 0.717) is 24.7 Å². The molecular weight excluding hydrogens is 320 g/mol. The molecule has 1 fully saturated rings. The summed E-state index contributed by atoms with van der Waals surface area (Å²) in [6.45, 7) is 6.24. The molecule has 0 aliphatic carbocycles. The van der Waals surface area contributed by atoms with Gasteiger partial charge in [0.1, 0.15) is 5.60 Å². The molecule has 3 heterocycles. The lowest BCUT2D eigenvalue weighted by molar-refractivity contribution is 0.0217. The van der Waals surface area contributed by atoms with Crippen molar-refractivity contribution >= 4 is 6.09 Å². The van der Waals surface area contributed by atoms with Crippen LogP contribution in [-0.2, 0) is 17.6 Å². The van der Waals surface area contributed by atoms with Crippen LogP contribution < -0.4 is 0 Å². The van der Waals surface area contributed by atoms with Gasteiger partial charge in [-0.05, 0) is 51.7 Å². The Balaban J connectivity index is 1.63. The smallest absolute Gasteiger partial charge is 0.410 e. The number of aromatic nitrogens is 3. The van der Waals surface area contributed by atoms with E-state index in [2.05, 4.69) is 15.1 Å². The van der Waals surface area contributed by atoms with Gasteiger partial charge in [-0.1, -0.05) is 11.2 Å². The quantitative estimate of drug-likeness (QED) is 0.846. The molecule has 0 bridgehead atoms. The van der Waals surface area contributed by atoms with Crippen LogP contribution in [0.4, 0.5) is 4.79 Å². The summed E-state index contributed by atoms with van der Waals surface area (Å²) in [5.74, 6) is 1.14. The molecule has 0 spiro atoms. The number of aryl methyl sites for hydroxylation is 2. The number of nitrogens with zero attached hydrogens (tertiary/aromatic N) is 4. The highest BCUT2D eigenvalue weighted by molar-refractivity contribution is 5.69. The average molecular weight is 344 g/mol. The molecular formula is C18H24N4O3. The lowest BCUT2D eigenvalue weighted by Crippen LogP contribution is -2.36. The molecule has 0 aromatic carbocycles. The minimum Gasteiger partial charge on any atom is -0.444 e. The third-order valence-corrected chi connectivity index (χ3v) is 4.01. The topological polar surface area (TPSA) is 81.4 Å². The normalized spacial score (nSPS) is 17.7. The van der Waals surface area contributed by atoms with Crippen LogP contribution in [0, 0.1) is 0 Å². The lowest BCUT2D eigenvalue weighted by atomic mass is 10.1. The molecule has 25 heavy (non-hydrogen) atoms.